The van der Waals surface area contributed by atoms with Crippen LogP contribution in [0.1, 0.15) is 19.3 Å². The van der Waals surface area contributed by atoms with Gasteiger partial charge in [-0.1, -0.05) is 0 Å². The molecule has 2 rings (SSSR count). The lowest BCUT2D eigenvalue weighted by Crippen LogP contribution is -2.49. The van der Waals surface area contributed by atoms with Crippen molar-refractivity contribution in [2.24, 2.45) is 5.92 Å². The fraction of sp³-hybridized carbons (Fsp3) is 0.846. The van der Waals surface area contributed by atoms with Gasteiger partial charge in [0.2, 0.25) is 0 Å². The molecule has 0 spiro atoms. The van der Waals surface area contributed by atoms with Crippen LogP contribution < -0.4 is 0 Å². The predicted octanol–water partition coefficient (Wildman–Crippen LogP) is 0.540. The lowest BCUT2D eigenvalue weighted by atomic mass is 9.99. The number of carboxylic acid groups (broad SMARTS) is 1. The third-order valence-electron chi connectivity index (χ3n) is 4.03. The van der Waals surface area contributed by atoms with Crippen LogP contribution in [0.15, 0.2) is 0 Å². The first-order chi connectivity index (χ1) is 9.08. The number of hydrogen-bond donors (Lipinski definition) is 1. The lowest BCUT2D eigenvalue weighted by molar-refractivity contribution is -0.143. The normalized spacial score (nSPS) is 26.1. The van der Waals surface area contributed by atoms with E-state index in [4.69, 9.17) is 5.11 Å². The van der Waals surface area contributed by atoms with Crippen molar-refractivity contribution in [2.75, 3.05) is 46.3 Å². The smallest absolute Gasteiger partial charge is 0.320 e. The quantitative estimate of drug-likeness (QED) is 0.754. The number of amides is 2. The molecule has 0 saturated carbocycles. The van der Waals surface area contributed by atoms with Gasteiger partial charge in [0.15, 0.2) is 0 Å². The van der Waals surface area contributed by atoms with Crippen LogP contribution in [-0.4, -0.2) is 78.1 Å². The first-order valence-corrected chi connectivity index (χ1v) is 7.03. The summed E-state index contributed by atoms with van der Waals surface area (Å²) in [7, 11) is 2.06. The van der Waals surface area contributed by atoms with Gasteiger partial charge in [-0.3, -0.25) is 4.79 Å². The van der Waals surface area contributed by atoms with Crippen molar-refractivity contribution >= 4 is 12.0 Å². The Bertz CT molecular complexity index is 348. The largest absolute Gasteiger partial charge is 0.481 e. The van der Waals surface area contributed by atoms with Crippen LogP contribution in [0.3, 0.4) is 0 Å². The first-order valence-electron chi connectivity index (χ1n) is 7.03. The summed E-state index contributed by atoms with van der Waals surface area (Å²) in [5.74, 6) is -1.18. The molecule has 2 amide bonds. The average Bonchev–Trinajstić information content (AvgIpc) is 2.63. The topological polar surface area (TPSA) is 64.1 Å². The number of carboxylic acids is 1. The van der Waals surface area contributed by atoms with E-state index in [9.17, 15) is 9.59 Å². The zero-order valence-corrected chi connectivity index (χ0v) is 11.5. The maximum atomic E-state index is 12.4. The fourth-order valence-electron chi connectivity index (χ4n) is 2.79. The summed E-state index contributed by atoms with van der Waals surface area (Å²) in [5, 5.41) is 9.07. The highest BCUT2D eigenvalue weighted by molar-refractivity contribution is 5.76. The van der Waals surface area contributed by atoms with Gasteiger partial charge < -0.3 is 19.8 Å². The summed E-state index contributed by atoms with van der Waals surface area (Å²) in [4.78, 5) is 29.3. The van der Waals surface area contributed by atoms with Gasteiger partial charge >= 0.3 is 12.0 Å². The van der Waals surface area contributed by atoms with Gasteiger partial charge in [0, 0.05) is 32.7 Å². The van der Waals surface area contributed by atoms with Crippen molar-refractivity contribution in [1.29, 1.82) is 0 Å². The summed E-state index contributed by atoms with van der Waals surface area (Å²) < 4.78 is 0. The SMILES string of the molecule is CN1CCCN(C(=O)N2CCC[C@@H](C(=O)O)C2)CC1. The van der Waals surface area contributed by atoms with E-state index in [1.807, 2.05) is 4.90 Å². The number of urea groups is 1. The van der Waals surface area contributed by atoms with Crippen LogP contribution in [-0.2, 0) is 4.79 Å². The van der Waals surface area contributed by atoms with Crippen molar-refractivity contribution in [2.45, 2.75) is 19.3 Å². The highest BCUT2D eigenvalue weighted by Crippen LogP contribution is 2.18. The predicted molar refractivity (Wildman–Crippen MR) is 71.0 cm³/mol. The van der Waals surface area contributed by atoms with E-state index in [0.29, 0.717) is 19.5 Å². The second-order valence-corrected chi connectivity index (χ2v) is 5.55. The van der Waals surface area contributed by atoms with Gasteiger partial charge in [-0.2, -0.15) is 0 Å². The van der Waals surface area contributed by atoms with Gasteiger partial charge in [0.25, 0.3) is 0 Å². The molecule has 0 unspecified atom stereocenters. The molecule has 19 heavy (non-hydrogen) atoms. The second-order valence-electron chi connectivity index (χ2n) is 5.55. The van der Waals surface area contributed by atoms with Crippen LogP contribution in [0, 0.1) is 5.92 Å². The zero-order chi connectivity index (χ0) is 13.8. The zero-order valence-electron chi connectivity index (χ0n) is 11.5. The maximum absolute atomic E-state index is 12.4. The minimum absolute atomic E-state index is 0.0150. The van der Waals surface area contributed by atoms with Crippen LogP contribution >= 0.6 is 0 Å². The van der Waals surface area contributed by atoms with Crippen molar-refractivity contribution in [3.05, 3.63) is 0 Å². The molecule has 0 radical (unpaired) electrons. The molecule has 6 nitrogen and oxygen atoms in total. The highest BCUT2D eigenvalue weighted by Gasteiger charge is 2.30. The standard InChI is InChI=1S/C13H23N3O3/c1-14-5-3-7-15(9-8-14)13(19)16-6-2-4-11(10-16)12(17)18/h11H,2-10H2,1H3,(H,17,18)/t11-/m1/s1. The minimum Gasteiger partial charge on any atom is -0.481 e. The second kappa shape index (κ2) is 6.23. The molecule has 1 atom stereocenters. The Morgan fingerprint density at radius 1 is 1.00 bits per heavy atom. The summed E-state index contributed by atoms with van der Waals surface area (Å²) >= 11 is 0. The number of aliphatic carboxylic acids is 1. The third-order valence-corrected chi connectivity index (χ3v) is 4.03. The molecule has 0 bridgehead atoms. The van der Waals surface area contributed by atoms with Gasteiger partial charge in [-0.25, -0.2) is 4.79 Å². The Kier molecular flexibility index (Phi) is 4.63. The van der Waals surface area contributed by atoms with E-state index in [2.05, 4.69) is 11.9 Å². The molecule has 2 saturated heterocycles. The van der Waals surface area contributed by atoms with Crippen molar-refractivity contribution in [3.8, 4) is 0 Å². The van der Waals surface area contributed by atoms with Crippen LogP contribution in [0.5, 0.6) is 0 Å². The van der Waals surface area contributed by atoms with E-state index in [-0.39, 0.29) is 6.03 Å². The van der Waals surface area contributed by atoms with E-state index in [0.717, 1.165) is 39.0 Å². The summed E-state index contributed by atoms with van der Waals surface area (Å²) in [5.41, 5.74) is 0. The number of rotatable bonds is 1. The Morgan fingerprint density at radius 3 is 2.47 bits per heavy atom. The highest BCUT2D eigenvalue weighted by atomic mass is 16.4. The van der Waals surface area contributed by atoms with Crippen molar-refractivity contribution in [3.63, 3.8) is 0 Å². The molecule has 0 aromatic rings. The molecule has 2 aliphatic heterocycles. The molecule has 0 aromatic carbocycles. The molecule has 2 fully saturated rings. The monoisotopic (exact) mass is 269 g/mol. The van der Waals surface area contributed by atoms with Gasteiger partial charge in [-0.15, -0.1) is 0 Å². The Morgan fingerprint density at radius 2 is 1.74 bits per heavy atom. The fourth-order valence-corrected chi connectivity index (χ4v) is 2.79. The van der Waals surface area contributed by atoms with E-state index in [1.165, 1.54) is 0 Å². The van der Waals surface area contributed by atoms with Crippen molar-refractivity contribution < 1.29 is 14.7 Å². The van der Waals surface area contributed by atoms with Crippen LogP contribution in [0.2, 0.25) is 0 Å². The molecule has 1 N–H and O–H groups in total. The van der Waals surface area contributed by atoms with E-state index >= 15 is 0 Å². The molecule has 2 heterocycles. The average molecular weight is 269 g/mol. The molecular formula is C13H23N3O3. The van der Waals surface area contributed by atoms with Gasteiger partial charge in [0.1, 0.15) is 0 Å². The lowest BCUT2D eigenvalue weighted by Gasteiger charge is -2.34. The number of likely N-dealkylation sites (tertiary alicyclic amines) is 1. The Labute approximate surface area is 114 Å². The number of carbonyl (C=O) groups is 2. The minimum atomic E-state index is -0.784. The summed E-state index contributed by atoms with van der Waals surface area (Å²) in [6, 6.07) is 0.0150. The Balaban J connectivity index is 1.93. The van der Waals surface area contributed by atoms with Crippen LogP contribution in [0.25, 0.3) is 0 Å². The summed E-state index contributed by atoms with van der Waals surface area (Å²) in [6.07, 6.45) is 2.46. The number of carbonyl (C=O) groups excluding carboxylic acids is 1. The van der Waals surface area contributed by atoms with Crippen LogP contribution in [0.4, 0.5) is 4.79 Å². The number of hydrogen-bond acceptors (Lipinski definition) is 3. The molecular weight excluding hydrogens is 246 g/mol. The number of piperidine rings is 1. The van der Waals surface area contributed by atoms with E-state index < -0.39 is 11.9 Å². The van der Waals surface area contributed by atoms with Gasteiger partial charge in [0.05, 0.1) is 5.92 Å². The number of likely N-dealkylation sites (N-methyl/N-ethyl adjacent to an activating group) is 1. The van der Waals surface area contributed by atoms with Crippen molar-refractivity contribution in [1.82, 2.24) is 14.7 Å². The molecule has 2 aliphatic rings. The first kappa shape index (κ1) is 14.1. The summed E-state index contributed by atoms with van der Waals surface area (Å²) in [6.45, 7) is 4.47. The Hall–Kier alpha value is -1.30. The molecule has 108 valence electrons. The number of nitrogens with zero attached hydrogens (tertiary/aromatic N) is 3. The molecule has 0 aromatic heterocycles. The maximum Gasteiger partial charge on any atom is 0.320 e. The van der Waals surface area contributed by atoms with E-state index in [1.54, 1.807) is 4.90 Å². The molecule has 0 aliphatic carbocycles. The molecule has 6 heteroatoms. The van der Waals surface area contributed by atoms with Gasteiger partial charge in [-0.05, 0) is 32.9 Å². The third kappa shape index (κ3) is 3.59.